The number of nitro groups is 2. The molecule has 0 heterocycles. The first kappa shape index (κ1) is 22.6. The van der Waals surface area contributed by atoms with Gasteiger partial charge in [-0.15, -0.1) is 0 Å². The topological polar surface area (TPSA) is 111 Å². The Kier molecular flexibility index (Phi) is 7.64. The molecule has 3 aromatic carbocycles. The van der Waals surface area contributed by atoms with E-state index in [4.69, 9.17) is 0 Å². The van der Waals surface area contributed by atoms with E-state index >= 15 is 0 Å². The number of nitrogens with one attached hydrogen (secondary N) is 1. The van der Waals surface area contributed by atoms with Gasteiger partial charge in [-0.2, -0.15) is 5.10 Å². The van der Waals surface area contributed by atoms with Crippen molar-refractivity contribution in [3.8, 4) is 11.1 Å². The molecule has 32 heavy (non-hydrogen) atoms. The number of rotatable bonds is 10. The normalized spacial score (nSPS) is 11.2. The quantitative estimate of drug-likeness (QED) is 0.169. The smallest absolute Gasteiger partial charge is 0.271 e. The summed E-state index contributed by atoms with van der Waals surface area (Å²) in [5, 5.41) is 26.8. The molecule has 0 fully saturated rings. The zero-order chi connectivity index (χ0) is 22.9. The molecule has 8 nitrogen and oxygen atoms in total. The van der Waals surface area contributed by atoms with Gasteiger partial charge < -0.3 is 0 Å². The molecular formula is C24H24N4O4. The third-order valence-corrected chi connectivity index (χ3v) is 5.04. The number of anilines is 1. The minimum atomic E-state index is -0.662. The summed E-state index contributed by atoms with van der Waals surface area (Å²) in [5.74, 6) is 0. The third kappa shape index (κ3) is 5.75. The van der Waals surface area contributed by atoms with Crippen molar-refractivity contribution in [2.45, 2.75) is 32.6 Å². The van der Waals surface area contributed by atoms with E-state index < -0.39 is 15.5 Å². The van der Waals surface area contributed by atoms with Gasteiger partial charge >= 0.3 is 5.69 Å². The lowest BCUT2D eigenvalue weighted by molar-refractivity contribution is -0.393. The van der Waals surface area contributed by atoms with Gasteiger partial charge in [0.2, 0.25) is 0 Å². The summed E-state index contributed by atoms with van der Waals surface area (Å²) < 4.78 is 0. The van der Waals surface area contributed by atoms with Crippen molar-refractivity contribution in [2.24, 2.45) is 5.10 Å². The molecule has 0 spiro atoms. The van der Waals surface area contributed by atoms with E-state index in [1.54, 1.807) is 0 Å². The maximum Gasteiger partial charge on any atom is 0.301 e. The van der Waals surface area contributed by atoms with Crippen LogP contribution in [0.15, 0.2) is 77.9 Å². The fourth-order valence-corrected chi connectivity index (χ4v) is 3.30. The van der Waals surface area contributed by atoms with Crippen LogP contribution in [0.1, 0.15) is 38.2 Å². The zero-order valence-corrected chi connectivity index (χ0v) is 17.7. The average Bonchev–Trinajstić information content (AvgIpc) is 2.82. The molecule has 0 aliphatic carbocycles. The molecule has 0 aliphatic heterocycles. The van der Waals surface area contributed by atoms with Crippen LogP contribution in [-0.2, 0) is 0 Å². The lowest BCUT2D eigenvalue weighted by Crippen LogP contribution is -2.06. The predicted molar refractivity (Wildman–Crippen MR) is 126 cm³/mol. The number of nitrogens with zero attached hydrogens (tertiary/aromatic N) is 3. The Morgan fingerprint density at radius 2 is 1.56 bits per heavy atom. The summed E-state index contributed by atoms with van der Waals surface area (Å²) in [6, 6.07) is 21.5. The molecule has 0 saturated carbocycles. The van der Waals surface area contributed by atoms with Gasteiger partial charge in [-0.1, -0.05) is 74.4 Å². The van der Waals surface area contributed by atoms with Gasteiger partial charge in [-0.05, 0) is 35.6 Å². The van der Waals surface area contributed by atoms with Crippen LogP contribution >= 0.6 is 0 Å². The highest BCUT2D eigenvalue weighted by molar-refractivity contribution is 6.01. The first-order chi connectivity index (χ1) is 15.5. The fourth-order valence-electron chi connectivity index (χ4n) is 3.30. The molecule has 0 bridgehead atoms. The number of benzene rings is 3. The molecule has 0 atom stereocenters. The summed E-state index contributed by atoms with van der Waals surface area (Å²) in [7, 11) is 0. The highest BCUT2D eigenvalue weighted by Gasteiger charge is 2.19. The summed E-state index contributed by atoms with van der Waals surface area (Å²) in [6.07, 6.45) is 3.73. The molecule has 0 aromatic heterocycles. The Bertz CT molecular complexity index is 1110. The van der Waals surface area contributed by atoms with Crippen molar-refractivity contribution in [1.29, 1.82) is 0 Å². The monoisotopic (exact) mass is 432 g/mol. The van der Waals surface area contributed by atoms with E-state index in [0.717, 1.165) is 47.7 Å². The Morgan fingerprint density at radius 3 is 2.19 bits per heavy atom. The Balaban J connectivity index is 1.89. The van der Waals surface area contributed by atoms with E-state index in [2.05, 4.69) is 17.5 Å². The van der Waals surface area contributed by atoms with Crippen LogP contribution in [0.25, 0.3) is 11.1 Å². The zero-order valence-electron chi connectivity index (χ0n) is 17.7. The number of nitro benzene ring substituents is 2. The number of unbranched alkanes of at least 4 members (excludes halogenated alkanes) is 2. The summed E-state index contributed by atoms with van der Waals surface area (Å²) >= 11 is 0. The second-order valence-corrected chi connectivity index (χ2v) is 7.29. The van der Waals surface area contributed by atoms with E-state index in [1.165, 1.54) is 12.1 Å². The fraction of sp³-hybridized carbons (Fsp3) is 0.208. The standard InChI is InChI=1S/C24H24N4O4/c1-2-3-5-10-22(20-13-11-19(12-14-20)18-8-6-4-7-9-18)25-26-23-16-15-21(27(29)30)17-24(23)28(31)32/h4,6-9,11-17,26H,2-3,5,10H2,1H3. The molecule has 0 radical (unpaired) electrons. The van der Waals surface area contributed by atoms with Crippen LogP contribution in [-0.4, -0.2) is 15.6 Å². The van der Waals surface area contributed by atoms with Crippen molar-refractivity contribution >= 4 is 22.8 Å². The molecule has 164 valence electrons. The van der Waals surface area contributed by atoms with Gasteiger partial charge in [-0.25, -0.2) is 0 Å². The van der Waals surface area contributed by atoms with Crippen molar-refractivity contribution < 1.29 is 9.85 Å². The first-order valence-electron chi connectivity index (χ1n) is 10.4. The Morgan fingerprint density at radius 1 is 0.875 bits per heavy atom. The number of non-ortho nitro benzene ring substituents is 1. The van der Waals surface area contributed by atoms with Crippen molar-refractivity contribution in [1.82, 2.24) is 0 Å². The Labute approximate surface area is 185 Å². The van der Waals surface area contributed by atoms with Crippen molar-refractivity contribution in [3.63, 3.8) is 0 Å². The third-order valence-electron chi connectivity index (χ3n) is 5.04. The van der Waals surface area contributed by atoms with Gasteiger partial charge in [0.15, 0.2) is 0 Å². The number of hydrazone groups is 1. The maximum absolute atomic E-state index is 11.4. The molecular weight excluding hydrogens is 408 g/mol. The van der Waals surface area contributed by atoms with Gasteiger partial charge in [0.25, 0.3) is 5.69 Å². The lowest BCUT2D eigenvalue weighted by atomic mass is 10.00. The second kappa shape index (κ2) is 10.8. The predicted octanol–water partition coefficient (Wildman–Crippen LogP) is 6.57. The molecule has 1 N–H and O–H groups in total. The van der Waals surface area contributed by atoms with Crippen LogP contribution < -0.4 is 5.43 Å². The molecule has 0 amide bonds. The van der Waals surface area contributed by atoms with Gasteiger partial charge in [0.1, 0.15) is 5.69 Å². The molecule has 0 aliphatic rings. The highest BCUT2D eigenvalue weighted by atomic mass is 16.6. The lowest BCUT2D eigenvalue weighted by Gasteiger charge is -2.10. The highest BCUT2D eigenvalue weighted by Crippen LogP contribution is 2.29. The minimum Gasteiger partial charge on any atom is -0.271 e. The van der Waals surface area contributed by atoms with Crippen molar-refractivity contribution in [3.05, 3.63) is 98.6 Å². The Hall–Kier alpha value is -4.07. The van der Waals surface area contributed by atoms with Gasteiger partial charge in [0.05, 0.1) is 21.6 Å². The first-order valence-corrected chi connectivity index (χ1v) is 10.4. The van der Waals surface area contributed by atoms with E-state index in [-0.39, 0.29) is 11.4 Å². The maximum atomic E-state index is 11.4. The van der Waals surface area contributed by atoms with Crippen molar-refractivity contribution in [2.75, 3.05) is 5.43 Å². The minimum absolute atomic E-state index is 0.106. The second-order valence-electron chi connectivity index (χ2n) is 7.29. The van der Waals surface area contributed by atoms with Gasteiger partial charge in [0, 0.05) is 6.07 Å². The van der Waals surface area contributed by atoms with Crippen LogP contribution in [0.2, 0.25) is 0 Å². The van der Waals surface area contributed by atoms with E-state index in [9.17, 15) is 20.2 Å². The van der Waals surface area contributed by atoms with E-state index in [0.29, 0.717) is 6.42 Å². The summed E-state index contributed by atoms with van der Waals surface area (Å²) in [4.78, 5) is 21.0. The number of hydrogen-bond donors (Lipinski definition) is 1. The molecule has 8 heteroatoms. The average molecular weight is 432 g/mol. The largest absolute Gasteiger partial charge is 0.301 e. The molecule has 3 rings (SSSR count). The summed E-state index contributed by atoms with van der Waals surface area (Å²) in [6.45, 7) is 2.12. The summed E-state index contributed by atoms with van der Waals surface area (Å²) in [5.41, 5.74) is 6.01. The molecule has 0 unspecified atom stereocenters. The van der Waals surface area contributed by atoms with Crippen LogP contribution in [0.4, 0.5) is 17.1 Å². The van der Waals surface area contributed by atoms with Crippen LogP contribution in [0.5, 0.6) is 0 Å². The van der Waals surface area contributed by atoms with Crippen LogP contribution in [0.3, 0.4) is 0 Å². The number of hydrogen-bond acceptors (Lipinski definition) is 6. The van der Waals surface area contributed by atoms with E-state index in [1.807, 2.05) is 54.6 Å². The molecule has 3 aromatic rings. The van der Waals surface area contributed by atoms with Gasteiger partial charge in [-0.3, -0.25) is 25.7 Å². The SMILES string of the molecule is CCCCCC(=NNc1ccc([N+](=O)[O-])cc1[N+](=O)[O-])c1ccc(-c2ccccc2)cc1. The van der Waals surface area contributed by atoms with Crippen LogP contribution in [0, 0.1) is 20.2 Å². The molecule has 0 saturated heterocycles.